The van der Waals surface area contributed by atoms with Crippen LogP contribution in [0.5, 0.6) is 0 Å². The third kappa shape index (κ3) is 1.66. The summed E-state index contributed by atoms with van der Waals surface area (Å²) in [7, 11) is 0. The first-order chi connectivity index (χ1) is 6.58. The van der Waals surface area contributed by atoms with Crippen LogP contribution in [-0.4, -0.2) is 0 Å². The van der Waals surface area contributed by atoms with E-state index in [0.717, 1.165) is 0 Å². The van der Waals surface area contributed by atoms with Crippen molar-refractivity contribution in [1.29, 1.82) is 0 Å². The maximum atomic E-state index is 2.39. The first-order valence-corrected chi connectivity index (χ1v) is 6.22. The SMILES string of the molecule is CC(C)C1=Cc2cc(C(C)C)sc2C1. The highest BCUT2D eigenvalue weighted by atomic mass is 32.1. The maximum Gasteiger partial charge on any atom is 0.0161 e. The van der Waals surface area contributed by atoms with Gasteiger partial charge in [-0.3, -0.25) is 0 Å². The fourth-order valence-corrected chi connectivity index (χ4v) is 3.00. The van der Waals surface area contributed by atoms with Gasteiger partial charge in [0.05, 0.1) is 0 Å². The number of thiophene rings is 1. The number of allylic oxidation sites excluding steroid dienone is 1. The third-order valence-electron chi connectivity index (χ3n) is 2.88. The zero-order chi connectivity index (χ0) is 10.3. The molecule has 0 radical (unpaired) electrons. The van der Waals surface area contributed by atoms with E-state index >= 15 is 0 Å². The van der Waals surface area contributed by atoms with Crippen molar-refractivity contribution in [2.45, 2.75) is 40.0 Å². The molecule has 1 aliphatic rings. The van der Waals surface area contributed by atoms with Crippen LogP contribution in [0.25, 0.3) is 6.08 Å². The van der Waals surface area contributed by atoms with Crippen molar-refractivity contribution < 1.29 is 0 Å². The normalized spacial score (nSPS) is 15.1. The van der Waals surface area contributed by atoms with E-state index in [1.165, 1.54) is 16.9 Å². The van der Waals surface area contributed by atoms with E-state index in [1.807, 2.05) is 11.3 Å². The summed E-state index contributed by atoms with van der Waals surface area (Å²) in [4.78, 5) is 3.12. The lowest BCUT2D eigenvalue weighted by atomic mass is 10.0. The van der Waals surface area contributed by atoms with E-state index in [-0.39, 0.29) is 0 Å². The average Bonchev–Trinajstić information content (AvgIpc) is 2.57. The van der Waals surface area contributed by atoms with Gasteiger partial charge in [0.2, 0.25) is 0 Å². The Labute approximate surface area is 90.7 Å². The van der Waals surface area contributed by atoms with E-state index in [1.54, 1.807) is 10.5 Å². The van der Waals surface area contributed by atoms with Crippen molar-refractivity contribution in [3.8, 4) is 0 Å². The molecule has 0 spiro atoms. The fourth-order valence-electron chi connectivity index (χ4n) is 1.82. The lowest BCUT2D eigenvalue weighted by Gasteiger charge is -2.05. The second-order valence-corrected chi connectivity index (χ2v) is 5.90. The topological polar surface area (TPSA) is 0 Å². The molecule has 0 nitrogen and oxygen atoms in total. The van der Waals surface area contributed by atoms with Gasteiger partial charge >= 0.3 is 0 Å². The molecule has 14 heavy (non-hydrogen) atoms. The molecule has 1 aliphatic carbocycles. The molecule has 0 aromatic carbocycles. The lowest BCUT2D eigenvalue weighted by molar-refractivity contribution is 0.757. The van der Waals surface area contributed by atoms with Gasteiger partial charge in [-0.2, -0.15) is 0 Å². The molecule has 1 aromatic rings. The summed E-state index contributed by atoms with van der Waals surface area (Å²) in [6.07, 6.45) is 3.59. The zero-order valence-electron chi connectivity index (χ0n) is 9.42. The van der Waals surface area contributed by atoms with Crippen molar-refractivity contribution in [3.63, 3.8) is 0 Å². The van der Waals surface area contributed by atoms with Crippen LogP contribution >= 0.6 is 11.3 Å². The largest absolute Gasteiger partial charge is 0.144 e. The molecule has 1 heteroatoms. The van der Waals surface area contributed by atoms with Crippen LogP contribution in [0.3, 0.4) is 0 Å². The van der Waals surface area contributed by atoms with E-state index in [0.29, 0.717) is 11.8 Å². The lowest BCUT2D eigenvalue weighted by Crippen LogP contribution is -1.92. The van der Waals surface area contributed by atoms with Crippen LogP contribution in [0.4, 0.5) is 0 Å². The summed E-state index contributed by atoms with van der Waals surface area (Å²) in [5, 5.41) is 0. The maximum absolute atomic E-state index is 2.39. The van der Waals surface area contributed by atoms with Gasteiger partial charge in [0.15, 0.2) is 0 Å². The Balaban J connectivity index is 2.28. The Bertz CT molecular complexity index is 367. The van der Waals surface area contributed by atoms with Crippen LogP contribution in [0.1, 0.15) is 48.9 Å². The summed E-state index contributed by atoms with van der Waals surface area (Å²) in [6, 6.07) is 2.38. The van der Waals surface area contributed by atoms with Gasteiger partial charge in [-0.05, 0) is 23.5 Å². The predicted octanol–water partition coefficient (Wildman–Crippen LogP) is 4.47. The molecule has 0 unspecified atom stereocenters. The highest BCUT2D eigenvalue weighted by Crippen LogP contribution is 2.37. The number of hydrogen-bond acceptors (Lipinski definition) is 1. The van der Waals surface area contributed by atoms with Crippen LogP contribution < -0.4 is 0 Å². The first kappa shape index (κ1) is 9.97. The number of fused-ring (bicyclic) bond motifs is 1. The Morgan fingerprint density at radius 1 is 1.14 bits per heavy atom. The molecule has 2 rings (SSSR count). The standard InChI is InChI=1S/C13H18S/c1-8(2)10-5-11-7-12(9(3)4)14-13(11)6-10/h5,7-9H,6H2,1-4H3. The zero-order valence-corrected chi connectivity index (χ0v) is 10.2. The summed E-state index contributed by atoms with van der Waals surface area (Å²) in [5.41, 5.74) is 3.09. The van der Waals surface area contributed by atoms with E-state index in [2.05, 4.69) is 39.8 Å². The average molecular weight is 206 g/mol. The van der Waals surface area contributed by atoms with Gasteiger partial charge in [-0.25, -0.2) is 0 Å². The predicted molar refractivity (Wildman–Crippen MR) is 64.9 cm³/mol. The summed E-state index contributed by atoms with van der Waals surface area (Å²) < 4.78 is 0. The van der Waals surface area contributed by atoms with Crippen molar-refractivity contribution in [3.05, 3.63) is 27.0 Å². The van der Waals surface area contributed by atoms with Crippen LogP contribution in [-0.2, 0) is 6.42 Å². The number of rotatable bonds is 2. The Morgan fingerprint density at radius 2 is 1.86 bits per heavy atom. The summed E-state index contributed by atoms with van der Waals surface area (Å²) in [5.74, 6) is 1.39. The molecule has 1 aromatic heterocycles. The molecule has 0 bridgehead atoms. The first-order valence-electron chi connectivity index (χ1n) is 5.41. The molecule has 0 fully saturated rings. The Kier molecular flexibility index (Phi) is 2.52. The molecule has 1 heterocycles. The minimum atomic E-state index is 0.682. The van der Waals surface area contributed by atoms with Crippen molar-refractivity contribution >= 4 is 17.4 Å². The molecular weight excluding hydrogens is 188 g/mol. The molecule has 0 atom stereocenters. The van der Waals surface area contributed by atoms with E-state index < -0.39 is 0 Å². The van der Waals surface area contributed by atoms with Crippen LogP contribution in [0.15, 0.2) is 11.6 Å². The van der Waals surface area contributed by atoms with Gasteiger partial charge < -0.3 is 0 Å². The van der Waals surface area contributed by atoms with Crippen molar-refractivity contribution in [2.75, 3.05) is 0 Å². The quantitative estimate of drug-likeness (QED) is 0.670. The summed E-state index contributed by atoms with van der Waals surface area (Å²) >= 11 is 2.00. The van der Waals surface area contributed by atoms with Gasteiger partial charge in [0.25, 0.3) is 0 Å². The molecule has 0 saturated carbocycles. The van der Waals surface area contributed by atoms with Crippen molar-refractivity contribution in [1.82, 2.24) is 0 Å². The highest BCUT2D eigenvalue weighted by molar-refractivity contribution is 7.12. The minimum absolute atomic E-state index is 0.682. The van der Waals surface area contributed by atoms with Gasteiger partial charge in [0, 0.05) is 16.2 Å². The number of hydrogen-bond donors (Lipinski definition) is 0. The molecule has 0 amide bonds. The van der Waals surface area contributed by atoms with Crippen molar-refractivity contribution in [2.24, 2.45) is 5.92 Å². The smallest absolute Gasteiger partial charge is 0.0161 e. The van der Waals surface area contributed by atoms with Gasteiger partial charge in [-0.1, -0.05) is 39.3 Å². The molecule has 76 valence electrons. The second-order valence-electron chi connectivity index (χ2n) is 4.73. The monoisotopic (exact) mass is 206 g/mol. The highest BCUT2D eigenvalue weighted by Gasteiger charge is 2.18. The molecular formula is C13H18S. The van der Waals surface area contributed by atoms with Gasteiger partial charge in [0.1, 0.15) is 0 Å². The van der Waals surface area contributed by atoms with Crippen LogP contribution in [0.2, 0.25) is 0 Å². The van der Waals surface area contributed by atoms with Gasteiger partial charge in [-0.15, -0.1) is 11.3 Å². The Morgan fingerprint density at radius 3 is 2.36 bits per heavy atom. The fraction of sp³-hybridized carbons (Fsp3) is 0.538. The Hall–Kier alpha value is -0.560. The van der Waals surface area contributed by atoms with E-state index in [9.17, 15) is 0 Å². The molecule has 0 saturated heterocycles. The third-order valence-corrected chi connectivity index (χ3v) is 4.33. The molecule has 0 N–H and O–H groups in total. The second kappa shape index (κ2) is 3.54. The molecule has 0 aliphatic heterocycles. The minimum Gasteiger partial charge on any atom is -0.144 e. The van der Waals surface area contributed by atoms with E-state index in [4.69, 9.17) is 0 Å². The summed E-state index contributed by atoms with van der Waals surface area (Å²) in [6.45, 7) is 9.11. The van der Waals surface area contributed by atoms with Crippen LogP contribution in [0, 0.1) is 5.92 Å².